The van der Waals surface area contributed by atoms with Crippen molar-refractivity contribution in [3.8, 4) is 0 Å². The summed E-state index contributed by atoms with van der Waals surface area (Å²) in [6, 6.07) is 0. The largest absolute Gasteiger partial charge is 0.330 e. The first-order valence-corrected chi connectivity index (χ1v) is 10.4. The van der Waals surface area contributed by atoms with Crippen LogP contribution in [0, 0.1) is 0 Å². The van der Waals surface area contributed by atoms with Gasteiger partial charge in [0.05, 0.1) is 0 Å². The summed E-state index contributed by atoms with van der Waals surface area (Å²) in [6.07, 6.45) is 6.72. The summed E-state index contributed by atoms with van der Waals surface area (Å²) in [7, 11) is 0. The van der Waals surface area contributed by atoms with E-state index >= 15 is 0 Å². The summed E-state index contributed by atoms with van der Waals surface area (Å²) >= 11 is 0. The topological polar surface area (TPSA) is 157 Å². The lowest BCUT2D eigenvalue weighted by molar-refractivity contribution is 0.277. The van der Waals surface area contributed by atoms with Gasteiger partial charge in [0, 0.05) is 13.1 Å². The van der Waals surface area contributed by atoms with Crippen molar-refractivity contribution < 1.29 is 0 Å². The van der Waals surface area contributed by atoms with Crippen LogP contribution in [0.2, 0.25) is 0 Å². The van der Waals surface area contributed by atoms with Gasteiger partial charge < -0.3 is 44.2 Å². The van der Waals surface area contributed by atoms with Gasteiger partial charge >= 0.3 is 0 Å². The Morgan fingerprint density at radius 2 is 0.808 bits per heavy atom. The van der Waals surface area contributed by atoms with E-state index in [2.05, 4.69) is 15.5 Å². The van der Waals surface area contributed by atoms with Crippen LogP contribution in [-0.4, -0.2) is 83.4 Å². The third-order valence-electron chi connectivity index (χ3n) is 3.87. The molecule has 0 aromatic rings. The quantitative estimate of drug-likeness (QED) is 0.135. The van der Waals surface area contributed by atoms with Gasteiger partial charge in [0.2, 0.25) is 0 Å². The average Bonchev–Trinajstić information content (AvgIpc) is 2.66. The summed E-state index contributed by atoms with van der Waals surface area (Å²) in [4.78, 5) is 2.32. The maximum Gasteiger partial charge on any atom is 0.0105 e. The van der Waals surface area contributed by atoms with E-state index in [9.17, 15) is 0 Å². The van der Waals surface area contributed by atoms with Gasteiger partial charge in [-0.15, -0.1) is 0 Å². The zero-order valence-corrected chi connectivity index (χ0v) is 17.1. The predicted molar refractivity (Wildman–Crippen MR) is 115 cm³/mol. The Morgan fingerprint density at radius 3 is 1.15 bits per heavy atom. The van der Waals surface area contributed by atoms with Crippen molar-refractivity contribution >= 4 is 0 Å². The molecule has 26 heavy (non-hydrogen) atoms. The molecular weight excluding hydrogens is 328 g/mol. The fourth-order valence-corrected chi connectivity index (χ4v) is 2.35. The summed E-state index contributed by atoms with van der Waals surface area (Å²) in [5.41, 5.74) is 27.1. The van der Waals surface area contributed by atoms with Gasteiger partial charge in [-0.05, 0) is 104 Å². The molecule has 0 atom stereocenters. The Balaban J connectivity index is 0. The molecule has 0 rings (SSSR count). The van der Waals surface area contributed by atoms with Crippen LogP contribution in [0.15, 0.2) is 0 Å². The van der Waals surface area contributed by atoms with E-state index in [0.717, 1.165) is 104 Å². The van der Waals surface area contributed by atoms with Gasteiger partial charge in [0.15, 0.2) is 0 Å². The van der Waals surface area contributed by atoms with Crippen molar-refractivity contribution in [3.63, 3.8) is 0 Å². The minimum absolute atomic E-state index is 0.717. The summed E-state index contributed by atoms with van der Waals surface area (Å²) in [6.45, 7) is 11.2. The van der Waals surface area contributed by atoms with E-state index in [1.165, 1.54) is 12.8 Å². The summed E-state index contributed by atoms with van der Waals surface area (Å²) < 4.78 is 0. The van der Waals surface area contributed by atoms with Crippen molar-refractivity contribution in [3.05, 3.63) is 0 Å². The molecule has 0 fully saturated rings. The molecule has 0 saturated carbocycles. The smallest absolute Gasteiger partial charge is 0.0105 e. The fraction of sp³-hybridized carbons (Fsp3) is 1.00. The van der Waals surface area contributed by atoms with E-state index in [0.29, 0.717) is 0 Å². The number of nitrogens with one attached hydrogen (secondary N) is 2. The van der Waals surface area contributed by atoms with E-state index in [1.54, 1.807) is 0 Å². The second-order valence-electron chi connectivity index (χ2n) is 6.41. The molecule has 0 amide bonds. The number of rotatable bonds is 19. The monoisotopic (exact) mass is 376 g/mol. The van der Waals surface area contributed by atoms with E-state index in [1.807, 2.05) is 0 Å². The second kappa shape index (κ2) is 26.9. The zero-order valence-electron chi connectivity index (χ0n) is 17.1. The molecule has 0 heterocycles. The van der Waals surface area contributed by atoms with Crippen LogP contribution < -0.4 is 39.3 Å². The molecule has 0 bridgehead atoms. The highest BCUT2D eigenvalue weighted by molar-refractivity contribution is 4.59. The first kappa shape index (κ1) is 27.9. The predicted octanol–water partition coefficient (Wildman–Crippen LogP) is -1.41. The van der Waals surface area contributed by atoms with Gasteiger partial charge in [0.1, 0.15) is 0 Å². The molecule has 8 nitrogen and oxygen atoms in total. The van der Waals surface area contributed by atoms with Gasteiger partial charge in [-0.1, -0.05) is 0 Å². The number of hydrogen-bond acceptors (Lipinski definition) is 8. The van der Waals surface area contributed by atoms with Gasteiger partial charge in [0.25, 0.3) is 0 Å². The maximum atomic E-state index is 5.47. The van der Waals surface area contributed by atoms with Gasteiger partial charge in [-0.3, -0.25) is 0 Å². The highest BCUT2D eigenvalue weighted by Crippen LogP contribution is 1.91. The third-order valence-corrected chi connectivity index (χ3v) is 3.87. The van der Waals surface area contributed by atoms with Crippen LogP contribution in [0.5, 0.6) is 0 Å². The zero-order chi connectivity index (χ0) is 19.7. The lowest BCUT2D eigenvalue weighted by atomic mass is 10.3. The second-order valence-corrected chi connectivity index (χ2v) is 6.41. The molecule has 0 spiro atoms. The van der Waals surface area contributed by atoms with E-state index in [-0.39, 0.29) is 0 Å². The minimum Gasteiger partial charge on any atom is -0.330 e. The van der Waals surface area contributed by atoms with Crippen LogP contribution in [-0.2, 0) is 0 Å². The van der Waals surface area contributed by atoms with Crippen LogP contribution in [0.3, 0.4) is 0 Å². The number of nitrogens with two attached hydrogens (primary N) is 5. The average molecular weight is 377 g/mol. The Kier molecular flexibility index (Phi) is 28.9. The van der Waals surface area contributed by atoms with E-state index < -0.39 is 0 Å². The number of hydrogen-bond donors (Lipinski definition) is 7. The van der Waals surface area contributed by atoms with E-state index in [4.69, 9.17) is 28.7 Å². The molecule has 8 heteroatoms. The molecule has 0 unspecified atom stereocenters. The molecule has 160 valence electrons. The standard InChI is InChI=1S/C10H26N4.C8H22N4/c11-5-3-9-13-7-1-2-8-14-10-4-6-12;9-3-1-6-12(8-5-11)7-2-4-10/h13-14H,1-12H2;1-11H2. The number of unbranched alkanes of at least 4 members (excludes halogenated alkanes) is 1. The Hall–Kier alpha value is -0.320. The number of nitrogens with zero attached hydrogens (tertiary/aromatic N) is 1. The van der Waals surface area contributed by atoms with Crippen LogP contribution >= 0.6 is 0 Å². The first-order chi connectivity index (χ1) is 12.8. The Morgan fingerprint density at radius 1 is 0.423 bits per heavy atom. The lowest BCUT2D eigenvalue weighted by Gasteiger charge is -2.20. The van der Waals surface area contributed by atoms with Crippen LogP contribution in [0.25, 0.3) is 0 Å². The fourth-order valence-electron chi connectivity index (χ4n) is 2.35. The summed E-state index contributed by atoms with van der Waals surface area (Å²) in [5, 5.41) is 6.72. The first-order valence-electron chi connectivity index (χ1n) is 10.4. The molecule has 0 aliphatic rings. The minimum atomic E-state index is 0.717. The van der Waals surface area contributed by atoms with Crippen molar-refractivity contribution in [2.24, 2.45) is 28.7 Å². The molecule has 0 aromatic heterocycles. The summed E-state index contributed by atoms with van der Waals surface area (Å²) in [5.74, 6) is 0. The molecule has 12 N–H and O–H groups in total. The van der Waals surface area contributed by atoms with Gasteiger partial charge in [-0.2, -0.15) is 0 Å². The van der Waals surface area contributed by atoms with Crippen LogP contribution in [0.4, 0.5) is 0 Å². The normalized spacial score (nSPS) is 10.8. The molecule has 0 aliphatic heterocycles. The molecule has 0 aromatic carbocycles. The highest BCUT2D eigenvalue weighted by Gasteiger charge is 2.01. The van der Waals surface area contributed by atoms with Crippen molar-refractivity contribution in [1.82, 2.24) is 15.5 Å². The maximum absolute atomic E-state index is 5.47. The Labute approximate surface area is 162 Å². The van der Waals surface area contributed by atoms with Gasteiger partial charge in [-0.25, -0.2) is 0 Å². The lowest BCUT2D eigenvalue weighted by Crippen LogP contribution is -2.33. The molecule has 0 saturated heterocycles. The highest BCUT2D eigenvalue weighted by atomic mass is 15.1. The SMILES string of the molecule is NCCCN(CCN)CCCN.NCCCNCCCCNCCCN. The molecular formula is C18H48N8. The van der Waals surface area contributed by atoms with Crippen molar-refractivity contribution in [2.75, 3.05) is 78.5 Å². The molecule has 0 aliphatic carbocycles. The molecule has 0 radical (unpaired) electrons. The third kappa shape index (κ3) is 25.9. The Bertz CT molecular complexity index is 211. The van der Waals surface area contributed by atoms with Crippen molar-refractivity contribution in [2.45, 2.75) is 38.5 Å². The van der Waals surface area contributed by atoms with Crippen LogP contribution in [0.1, 0.15) is 38.5 Å². The van der Waals surface area contributed by atoms with Crippen molar-refractivity contribution in [1.29, 1.82) is 0 Å².